The number of hydrogen-bond donors (Lipinski definition) is 0. The third-order valence-electron chi connectivity index (χ3n) is 1.69. The molecule has 0 unspecified atom stereocenters. The zero-order valence-electron chi connectivity index (χ0n) is 7.70. The van der Waals surface area contributed by atoms with Crippen LogP contribution in [0.5, 0.6) is 0 Å². The van der Waals surface area contributed by atoms with Gasteiger partial charge in [-0.05, 0) is 25.7 Å². The maximum absolute atomic E-state index is 12.8. The summed E-state index contributed by atoms with van der Waals surface area (Å²) in [5, 5.41) is 0. The number of rotatable bonds is 6. The normalized spacial score (nSPS) is 12.1. The summed E-state index contributed by atoms with van der Waals surface area (Å²) in [7, 11) is 0. The van der Waals surface area contributed by atoms with Gasteiger partial charge in [0.1, 0.15) is 0 Å². The highest BCUT2D eigenvalue weighted by Gasteiger charge is 1.92. The van der Waals surface area contributed by atoms with Crippen LogP contribution >= 0.6 is 0 Å². The van der Waals surface area contributed by atoms with Crippen LogP contribution in [0.1, 0.15) is 52.4 Å². The first-order valence-corrected chi connectivity index (χ1v) is 4.65. The fraction of sp³-hybridized carbons (Fsp3) is 0.800. The second kappa shape index (κ2) is 7.77. The molecule has 0 nitrogen and oxygen atoms in total. The van der Waals surface area contributed by atoms with Gasteiger partial charge < -0.3 is 0 Å². The predicted octanol–water partition coefficient (Wildman–Crippen LogP) is 4.22. The molecular formula is C10H19F. The van der Waals surface area contributed by atoms with E-state index in [4.69, 9.17) is 0 Å². The molecule has 0 heterocycles. The highest BCUT2D eigenvalue weighted by atomic mass is 19.1. The smallest absolute Gasteiger partial charge is 0.0959 e. The van der Waals surface area contributed by atoms with Gasteiger partial charge in [-0.2, -0.15) is 0 Å². The quantitative estimate of drug-likeness (QED) is 0.508. The highest BCUT2D eigenvalue weighted by Crippen LogP contribution is 2.10. The molecule has 0 saturated heterocycles. The van der Waals surface area contributed by atoms with Crippen LogP contribution in [0.2, 0.25) is 0 Å². The Morgan fingerprint density at radius 3 is 2.36 bits per heavy atom. The lowest BCUT2D eigenvalue weighted by molar-refractivity contribution is 0.562. The lowest BCUT2D eigenvalue weighted by atomic mass is 10.2. The fourth-order valence-corrected chi connectivity index (χ4v) is 0.911. The second-order valence-electron chi connectivity index (χ2n) is 2.90. The van der Waals surface area contributed by atoms with E-state index in [1.54, 1.807) is 6.08 Å². The average Bonchev–Trinajstić information content (AvgIpc) is 2.01. The topological polar surface area (TPSA) is 0 Å². The Balaban J connectivity index is 3.30. The van der Waals surface area contributed by atoms with Crippen LogP contribution in [-0.4, -0.2) is 0 Å². The maximum Gasteiger partial charge on any atom is 0.0959 e. The molecule has 0 rings (SSSR count). The molecule has 0 aliphatic heterocycles. The minimum atomic E-state index is 0.0836. The summed E-state index contributed by atoms with van der Waals surface area (Å²) in [6, 6.07) is 0. The summed E-state index contributed by atoms with van der Waals surface area (Å²) in [6.45, 7) is 4.21. The van der Waals surface area contributed by atoms with E-state index in [1.807, 2.05) is 0 Å². The summed E-state index contributed by atoms with van der Waals surface area (Å²) in [4.78, 5) is 0. The number of halogens is 1. The molecule has 0 radical (unpaired) electrons. The molecule has 0 atom stereocenters. The van der Waals surface area contributed by atoms with Crippen LogP contribution in [0.15, 0.2) is 11.9 Å². The third-order valence-corrected chi connectivity index (χ3v) is 1.69. The van der Waals surface area contributed by atoms with Crippen molar-refractivity contribution in [3.63, 3.8) is 0 Å². The Morgan fingerprint density at radius 2 is 1.82 bits per heavy atom. The van der Waals surface area contributed by atoms with Crippen molar-refractivity contribution in [1.82, 2.24) is 0 Å². The van der Waals surface area contributed by atoms with Crippen LogP contribution in [0, 0.1) is 0 Å². The average molecular weight is 158 g/mol. The molecule has 0 fully saturated rings. The van der Waals surface area contributed by atoms with Gasteiger partial charge in [0.2, 0.25) is 0 Å². The van der Waals surface area contributed by atoms with E-state index < -0.39 is 0 Å². The Kier molecular flexibility index (Phi) is 7.54. The summed E-state index contributed by atoms with van der Waals surface area (Å²) < 4.78 is 12.8. The van der Waals surface area contributed by atoms with Crippen molar-refractivity contribution in [3.8, 4) is 0 Å². The van der Waals surface area contributed by atoms with Crippen molar-refractivity contribution in [2.24, 2.45) is 0 Å². The van der Waals surface area contributed by atoms with E-state index in [0.717, 1.165) is 32.1 Å². The van der Waals surface area contributed by atoms with Crippen molar-refractivity contribution >= 4 is 0 Å². The highest BCUT2D eigenvalue weighted by molar-refractivity contribution is 4.90. The summed E-state index contributed by atoms with van der Waals surface area (Å²) >= 11 is 0. The predicted molar refractivity (Wildman–Crippen MR) is 48.2 cm³/mol. The van der Waals surface area contributed by atoms with Gasteiger partial charge in [0, 0.05) is 0 Å². The number of allylic oxidation sites excluding steroid dienone is 2. The molecule has 0 bridgehead atoms. The van der Waals surface area contributed by atoms with E-state index in [0.29, 0.717) is 6.42 Å². The number of hydrogen-bond acceptors (Lipinski definition) is 0. The van der Waals surface area contributed by atoms with Gasteiger partial charge in [-0.15, -0.1) is 0 Å². The molecule has 0 aliphatic carbocycles. The van der Waals surface area contributed by atoms with E-state index in [2.05, 4.69) is 13.8 Å². The molecule has 0 aromatic carbocycles. The fourth-order valence-electron chi connectivity index (χ4n) is 0.911. The maximum atomic E-state index is 12.8. The minimum absolute atomic E-state index is 0.0836. The lowest BCUT2D eigenvalue weighted by Gasteiger charge is -1.94. The van der Waals surface area contributed by atoms with Crippen molar-refractivity contribution < 1.29 is 4.39 Å². The zero-order valence-corrected chi connectivity index (χ0v) is 7.70. The Labute approximate surface area is 69.5 Å². The monoisotopic (exact) mass is 158 g/mol. The molecule has 0 aromatic rings. The molecule has 0 aromatic heterocycles. The Morgan fingerprint density at radius 1 is 1.18 bits per heavy atom. The van der Waals surface area contributed by atoms with Crippen LogP contribution in [0.3, 0.4) is 0 Å². The van der Waals surface area contributed by atoms with Crippen LogP contribution in [-0.2, 0) is 0 Å². The van der Waals surface area contributed by atoms with Crippen LogP contribution in [0.4, 0.5) is 4.39 Å². The van der Waals surface area contributed by atoms with E-state index in [1.165, 1.54) is 0 Å². The van der Waals surface area contributed by atoms with Gasteiger partial charge >= 0.3 is 0 Å². The second-order valence-corrected chi connectivity index (χ2v) is 2.90. The van der Waals surface area contributed by atoms with Crippen molar-refractivity contribution in [1.29, 1.82) is 0 Å². The third kappa shape index (κ3) is 7.57. The molecule has 0 aliphatic rings. The van der Waals surface area contributed by atoms with Gasteiger partial charge in [0.25, 0.3) is 0 Å². The van der Waals surface area contributed by atoms with Crippen molar-refractivity contribution in [3.05, 3.63) is 11.9 Å². The first-order chi connectivity index (χ1) is 5.31. The first kappa shape index (κ1) is 10.7. The molecule has 0 spiro atoms. The van der Waals surface area contributed by atoms with E-state index in [-0.39, 0.29) is 5.83 Å². The van der Waals surface area contributed by atoms with Gasteiger partial charge in [-0.3, -0.25) is 0 Å². The standard InChI is InChI=1S/C10H19F/c1-3-5-7-9-10(11)8-6-4-2/h9H,3-8H2,1-2H3/b10-9+. The first-order valence-electron chi connectivity index (χ1n) is 4.65. The van der Waals surface area contributed by atoms with Crippen LogP contribution < -0.4 is 0 Å². The van der Waals surface area contributed by atoms with Gasteiger partial charge in [0.15, 0.2) is 0 Å². The van der Waals surface area contributed by atoms with E-state index >= 15 is 0 Å². The van der Waals surface area contributed by atoms with E-state index in [9.17, 15) is 4.39 Å². The van der Waals surface area contributed by atoms with Gasteiger partial charge in [-0.1, -0.05) is 32.8 Å². The number of unbranched alkanes of at least 4 members (excludes halogenated alkanes) is 3. The Bertz CT molecular complexity index is 105. The molecule has 11 heavy (non-hydrogen) atoms. The van der Waals surface area contributed by atoms with Crippen LogP contribution in [0.25, 0.3) is 0 Å². The minimum Gasteiger partial charge on any atom is -0.212 e. The molecule has 1 heteroatoms. The van der Waals surface area contributed by atoms with Gasteiger partial charge in [-0.25, -0.2) is 4.39 Å². The van der Waals surface area contributed by atoms with Gasteiger partial charge in [0.05, 0.1) is 5.83 Å². The van der Waals surface area contributed by atoms with Crippen molar-refractivity contribution in [2.45, 2.75) is 52.4 Å². The molecule has 0 amide bonds. The molecule has 0 saturated carbocycles. The van der Waals surface area contributed by atoms with Crippen molar-refractivity contribution in [2.75, 3.05) is 0 Å². The summed E-state index contributed by atoms with van der Waals surface area (Å²) in [5.74, 6) is 0.0836. The largest absolute Gasteiger partial charge is 0.212 e. The molecular weight excluding hydrogens is 139 g/mol. The molecule has 66 valence electrons. The zero-order chi connectivity index (χ0) is 8.53. The summed E-state index contributed by atoms with van der Waals surface area (Å²) in [6.07, 6.45) is 7.60. The molecule has 0 N–H and O–H groups in total. The SMILES string of the molecule is CCCC/C=C(/F)CCCC. The lowest BCUT2D eigenvalue weighted by Crippen LogP contribution is -1.76. The summed E-state index contributed by atoms with van der Waals surface area (Å²) in [5.41, 5.74) is 0. The Hall–Kier alpha value is -0.330.